The average molecular weight is 415 g/mol. The zero-order valence-corrected chi connectivity index (χ0v) is 16.2. The minimum atomic E-state index is -0.427. The largest absolute Gasteiger partial charge is 0.482 e. The maximum Gasteiger partial charge on any atom is 0.277 e. The van der Waals surface area contributed by atoms with E-state index in [1.807, 2.05) is 54.6 Å². The first-order chi connectivity index (χ1) is 13.6. The molecule has 1 N–H and O–H groups in total. The van der Waals surface area contributed by atoms with Gasteiger partial charge in [0.05, 0.1) is 11.2 Å². The fourth-order valence-electron chi connectivity index (χ4n) is 2.23. The zero-order valence-electron chi connectivity index (χ0n) is 14.6. The van der Waals surface area contributed by atoms with Gasteiger partial charge in [-0.05, 0) is 42.0 Å². The monoisotopic (exact) mass is 414 g/mol. The maximum absolute atomic E-state index is 11.9. The summed E-state index contributed by atoms with van der Waals surface area (Å²) in [4.78, 5) is 11.9. The Balaban J connectivity index is 1.52. The average Bonchev–Trinajstić information content (AvgIpc) is 2.70. The van der Waals surface area contributed by atoms with E-state index in [0.29, 0.717) is 16.5 Å². The molecular formula is C21H16Cl2N2O3. The number of amides is 1. The first-order valence-electron chi connectivity index (χ1n) is 8.33. The Morgan fingerprint density at radius 3 is 2.54 bits per heavy atom. The summed E-state index contributed by atoms with van der Waals surface area (Å²) in [6, 6.07) is 21.7. The molecule has 3 rings (SSSR count). The molecule has 0 bridgehead atoms. The highest BCUT2D eigenvalue weighted by atomic mass is 35.5. The van der Waals surface area contributed by atoms with Gasteiger partial charge in [0, 0.05) is 0 Å². The second kappa shape index (κ2) is 9.78. The van der Waals surface area contributed by atoms with Crippen LogP contribution in [0, 0.1) is 0 Å². The number of carbonyl (C=O) groups excluding carboxylic acids is 1. The molecule has 0 aliphatic heterocycles. The van der Waals surface area contributed by atoms with E-state index in [9.17, 15) is 4.79 Å². The van der Waals surface area contributed by atoms with Gasteiger partial charge < -0.3 is 9.47 Å². The first kappa shape index (κ1) is 19.7. The quantitative estimate of drug-likeness (QED) is 0.420. The van der Waals surface area contributed by atoms with Crippen LogP contribution >= 0.6 is 23.2 Å². The Bertz CT molecular complexity index is 978. The minimum absolute atomic E-state index is 0.242. The highest BCUT2D eigenvalue weighted by Crippen LogP contribution is 2.31. The third kappa shape index (κ3) is 5.74. The highest BCUT2D eigenvalue weighted by molar-refractivity contribution is 6.42. The van der Waals surface area contributed by atoms with Crippen molar-refractivity contribution < 1.29 is 14.3 Å². The third-order valence-electron chi connectivity index (χ3n) is 3.51. The second-order valence-electron chi connectivity index (χ2n) is 5.62. The molecule has 142 valence electrons. The van der Waals surface area contributed by atoms with E-state index >= 15 is 0 Å². The molecule has 0 heterocycles. The molecule has 7 heteroatoms. The number of benzene rings is 3. The number of hydrazone groups is 1. The lowest BCUT2D eigenvalue weighted by Gasteiger charge is -2.07. The number of halogens is 2. The van der Waals surface area contributed by atoms with E-state index in [-0.39, 0.29) is 11.6 Å². The van der Waals surface area contributed by atoms with Gasteiger partial charge >= 0.3 is 0 Å². The van der Waals surface area contributed by atoms with Crippen molar-refractivity contribution in [3.05, 3.63) is 88.4 Å². The second-order valence-corrected chi connectivity index (χ2v) is 6.41. The van der Waals surface area contributed by atoms with Gasteiger partial charge in [-0.25, -0.2) is 5.43 Å². The molecule has 28 heavy (non-hydrogen) atoms. The Labute approximate surface area is 172 Å². The summed E-state index contributed by atoms with van der Waals surface area (Å²) >= 11 is 11.9. The van der Waals surface area contributed by atoms with Crippen LogP contribution in [0.15, 0.2) is 77.9 Å². The Morgan fingerprint density at radius 1 is 0.964 bits per heavy atom. The van der Waals surface area contributed by atoms with Crippen molar-refractivity contribution in [3.63, 3.8) is 0 Å². The smallest absolute Gasteiger partial charge is 0.277 e. The van der Waals surface area contributed by atoms with Crippen molar-refractivity contribution in [1.29, 1.82) is 0 Å². The predicted octanol–water partition coefficient (Wildman–Crippen LogP) is 5.31. The molecule has 0 spiro atoms. The lowest BCUT2D eigenvalue weighted by Crippen LogP contribution is -2.24. The Hall–Kier alpha value is -3.02. The maximum atomic E-state index is 11.9. The fraction of sp³-hybridized carbons (Fsp3) is 0.0476. The standard InChI is InChI=1S/C21H16Cl2N2O3/c22-18-10-5-11-19(21(18)23)27-14-20(26)25-24-13-15-6-4-9-17(12-15)28-16-7-2-1-3-8-16/h1-13H,14H2,(H,25,26)/b24-13+. The van der Waals surface area contributed by atoms with Gasteiger partial charge in [-0.15, -0.1) is 0 Å². The molecular weight excluding hydrogens is 399 g/mol. The normalized spacial score (nSPS) is 10.6. The molecule has 0 aliphatic rings. The van der Waals surface area contributed by atoms with Crippen molar-refractivity contribution in [3.8, 4) is 17.2 Å². The van der Waals surface area contributed by atoms with Crippen LogP contribution in [0.2, 0.25) is 10.0 Å². The van der Waals surface area contributed by atoms with Gasteiger partial charge in [0.1, 0.15) is 22.3 Å². The molecule has 5 nitrogen and oxygen atoms in total. The molecule has 0 radical (unpaired) electrons. The van der Waals surface area contributed by atoms with Crippen LogP contribution in [0.1, 0.15) is 5.56 Å². The van der Waals surface area contributed by atoms with Crippen molar-refractivity contribution in [2.24, 2.45) is 5.10 Å². The van der Waals surface area contributed by atoms with Crippen LogP contribution in [-0.2, 0) is 4.79 Å². The van der Waals surface area contributed by atoms with Crippen LogP contribution in [0.3, 0.4) is 0 Å². The van der Waals surface area contributed by atoms with Crippen LogP contribution in [0.4, 0.5) is 0 Å². The van der Waals surface area contributed by atoms with E-state index in [4.69, 9.17) is 32.7 Å². The number of hydrogen-bond donors (Lipinski definition) is 1. The van der Waals surface area contributed by atoms with Gasteiger partial charge in [-0.2, -0.15) is 5.10 Å². The molecule has 0 atom stereocenters. The number of hydrogen-bond acceptors (Lipinski definition) is 4. The van der Waals surface area contributed by atoms with E-state index in [0.717, 1.165) is 11.3 Å². The zero-order chi connectivity index (χ0) is 19.8. The molecule has 0 unspecified atom stereocenters. The van der Waals surface area contributed by atoms with Crippen LogP contribution in [0.25, 0.3) is 0 Å². The van der Waals surface area contributed by atoms with Crippen molar-refractivity contribution in [1.82, 2.24) is 5.43 Å². The number of ether oxygens (including phenoxy) is 2. The van der Waals surface area contributed by atoms with Gasteiger partial charge in [0.2, 0.25) is 0 Å². The molecule has 3 aromatic carbocycles. The van der Waals surface area contributed by atoms with Gasteiger partial charge in [-0.1, -0.05) is 59.6 Å². The third-order valence-corrected chi connectivity index (χ3v) is 4.32. The fourth-order valence-corrected chi connectivity index (χ4v) is 2.58. The molecule has 0 aliphatic carbocycles. The summed E-state index contributed by atoms with van der Waals surface area (Å²) in [7, 11) is 0. The summed E-state index contributed by atoms with van der Waals surface area (Å²) in [5.41, 5.74) is 3.16. The van der Waals surface area contributed by atoms with Gasteiger partial charge in [0.25, 0.3) is 5.91 Å². The topological polar surface area (TPSA) is 59.9 Å². The van der Waals surface area contributed by atoms with E-state index in [1.165, 1.54) is 6.21 Å². The van der Waals surface area contributed by atoms with E-state index < -0.39 is 5.91 Å². The lowest BCUT2D eigenvalue weighted by atomic mass is 10.2. The number of carbonyl (C=O) groups is 1. The molecule has 0 saturated carbocycles. The molecule has 1 amide bonds. The van der Waals surface area contributed by atoms with E-state index in [2.05, 4.69) is 10.5 Å². The van der Waals surface area contributed by atoms with Crippen LogP contribution < -0.4 is 14.9 Å². The van der Waals surface area contributed by atoms with Gasteiger partial charge in [0.15, 0.2) is 6.61 Å². The molecule has 0 aromatic heterocycles. The first-order valence-corrected chi connectivity index (χ1v) is 9.09. The molecule has 0 saturated heterocycles. The Morgan fingerprint density at radius 2 is 1.71 bits per heavy atom. The highest BCUT2D eigenvalue weighted by Gasteiger charge is 2.07. The van der Waals surface area contributed by atoms with Gasteiger partial charge in [-0.3, -0.25) is 4.79 Å². The van der Waals surface area contributed by atoms with Crippen LogP contribution in [-0.4, -0.2) is 18.7 Å². The van der Waals surface area contributed by atoms with Crippen molar-refractivity contribution in [2.45, 2.75) is 0 Å². The summed E-state index contributed by atoms with van der Waals surface area (Å²) in [6.45, 7) is -0.242. The predicted molar refractivity (Wildman–Crippen MR) is 111 cm³/mol. The van der Waals surface area contributed by atoms with Crippen molar-refractivity contribution >= 4 is 35.3 Å². The Kier molecular flexibility index (Phi) is 6.89. The summed E-state index contributed by atoms with van der Waals surface area (Å²) in [5, 5.41) is 4.54. The number of rotatable bonds is 7. The molecule has 3 aromatic rings. The van der Waals surface area contributed by atoms with Crippen LogP contribution in [0.5, 0.6) is 17.2 Å². The SMILES string of the molecule is O=C(COc1cccc(Cl)c1Cl)N/N=C/c1cccc(Oc2ccccc2)c1. The molecule has 0 fully saturated rings. The number of para-hydroxylation sites is 1. The lowest BCUT2D eigenvalue weighted by molar-refractivity contribution is -0.123. The number of nitrogens with zero attached hydrogens (tertiary/aromatic N) is 1. The summed E-state index contributed by atoms with van der Waals surface area (Å²) in [5.74, 6) is 1.31. The van der Waals surface area contributed by atoms with Crippen molar-refractivity contribution in [2.75, 3.05) is 6.61 Å². The minimum Gasteiger partial charge on any atom is -0.482 e. The number of nitrogens with one attached hydrogen (secondary N) is 1. The summed E-state index contributed by atoms with van der Waals surface area (Å²) < 4.78 is 11.1. The summed E-state index contributed by atoms with van der Waals surface area (Å²) in [6.07, 6.45) is 1.52. The van der Waals surface area contributed by atoms with E-state index in [1.54, 1.807) is 18.2 Å².